The van der Waals surface area contributed by atoms with Crippen molar-refractivity contribution in [2.75, 3.05) is 17.8 Å². The molecule has 0 saturated carbocycles. The van der Waals surface area contributed by atoms with Crippen molar-refractivity contribution >= 4 is 27.5 Å². The molecule has 32 heavy (non-hydrogen) atoms. The van der Waals surface area contributed by atoms with Gasteiger partial charge in [0.1, 0.15) is 6.04 Å². The van der Waals surface area contributed by atoms with Gasteiger partial charge in [0.15, 0.2) is 0 Å². The zero-order valence-electron chi connectivity index (χ0n) is 18.8. The summed E-state index contributed by atoms with van der Waals surface area (Å²) in [5.74, 6) is -0.401. The molecule has 0 radical (unpaired) electrons. The summed E-state index contributed by atoms with van der Waals surface area (Å²) in [6.45, 7) is 6.81. The Balaban J connectivity index is 1.76. The molecule has 0 aromatic heterocycles. The normalized spacial score (nSPS) is 16.1. The molecule has 1 fully saturated rings. The van der Waals surface area contributed by atoms with Gasteiger partial charge in [-0.2, -0.15) is 0 Å². The Morgan fingerprint density at radius 2 is 1.91 bits per heavy atom. The molecule has 1 aliphatic rings. The first-order chi connectivity index (χ1) is 15.2. The zero-order chi connectivity index (χ0) is 23.3. The van der Waals surface area contributed by atoms with E-state index in [9.17, 15) is 18.0 Å². The molecule has 1 heterocycles. The number of benzene rings is 2. The molecule has 1 atom stereocenters. The second kappa shape index (κ2) is 10.2. The molecule has 8 heteroatoms. The summed E-state index contributed by atoms with van der Waals surface area (Å²) in [7, 11) is -3.80. The average molecular weight is 458 g/mol. The third-order valence-corrected chi connectivity index (χ3v) is 7.17. The number of hydrogen-bond donors (Lipinski definition) is 2. The lowest BCUT2D eigenvalue weighted by Crippen LogP contribution is -2.46. The first kappa shape index (κ1) is 23.8. The van der Waals surface area contributed by atoms with Crippen LogP contribution in [-0.2, 0) is 14.8 Å². The first-order valence-corrected chi connectivity index (χ1v) is 12.5. The maximum Gasteiger partial charge on any atom is 0.262 e. The number of sulfonamides is 1. The summed E-state index contributed by atoms with van der Waals surface area (Å²) in [4.78, 5) is 27.5. The second-order valence-electron chi connectivity index (χ2n) is 8.26. The number of hydrogen-bond acceptors (Lipinski definition) is 4. The standard InChI is InChI=1S/C24H31N3O4S/c1-4-5-13-25-23(28)21-10-7-14-27(21)24(29)19-8-6-9-20(16-19)26-32(30,31)22-12-11-17(2)15-18(22)3/h6,8-9,11-12,15-16,21,26H,4-5,7,10,13-14H2,1-3H3,(H,25,28)/t21-/m1/s1. The highest BCUT2D eigenvalue weighted by molar-refractivity contribution is 7.92. The van der Waals surface area contributed by atoms with Crippen molar-refractivity contribution in [3.05, 3.63) is 59.2 Å². The molecule has 0 spiro atoms. The summed E-state index contributed by atoms with van der Waals surface area (Å²) in [5.41, 5.74) is 2.28. The minimum Gasteiger partial charge on any atom is -0.354 e. The quantitative estimate of drug-likeness (QED) is 0.592. The van der Waals surface area contributed by atoms with E-state index in [-0.39, 0.29) is 16.7 Å². The number of unbranched alkanes of at least 4 members (excludes halogenated alkanes) is 1. The topological polar surface area (TPSA) is 95.6 Å². The van der Waals surface area contributed by atoms with E-state index in [0.29, 0.717) is 36.3 Å². The Morgan fingerprint density at radius 1 is 1.12 bits per heavy atom. The zero-order valence-corrected chi connectivity index (χ0v) is 19.7. The van der Waals surface area contributed by atoms with E-state index in [0.717, 1.165) is 24.8 Å². The fourth-order valence-electron chi connectivity index (χ4n) is 3.98. The maximum atomic E-state index is 13.1. The Bertz CT molecular complexity index is 1100. The monoisotopic (exact) mass is 457 g/mol. The number of carbonyl (C=O) groups is 2. The second-order valence-corrected chi connectivity index (χ2v) is 9.91. The van der Waals surface area contributed by atoms with Crippen LogP contribution >= 0.6 is 0 Å². The molecule has 0 bridgehead atoms. The van der Waals surface area contributed by atoms with Gasteiger partial charge >= 0.3 is 0 Å². The van der Waals surface area contributed by atoms with Crippen LogP contribution in [0.5, 0.6) is 0 Å². The molecule has 0 unspecified atom stereocenters. The number of aryl methyl sites for hydroxylation is 2. The number of nitrogens with zero attached hydrogens (tertiary/aromatic N) is 1. The third kappa shape index (κ3) is 5.48. The molecule has 7 nitrogen and oxygen atoms in total. The lowest BCUT2D eigenvalue weighted by molar-refractivity contribution is -0.124. The first-order valence-electron chi connectivity index (χ1n) is 11.0. The van der Waals surface area contributed by atoms with Gasteiger partial charge in [-0.1, -0.05) is 37.1 Å². The predicted molar refractivity (Wildman–Crippen MR) is 125 cm³/mol. The third-order valence-electron chi connectivity index (χ3n) is 5.63. The minimum atomic E-state index is -3.80. The average Bonchev–Trinajstić information content (AvgIpc) is 3.23. The van der Waals surface area contributed by atoms with Gasteiger partial charge in [0.2, 0.25) is 5.91 Å². The smallest absolute Gasteiger partial charge is 0.262 e. The molecule has 0 aliphatic carbocycles. The van der Waals surface area contributed by atoms with Crippen molar-refractivity contribution in [3.8, 4) is 0 Å². The molecule has 172 valence electrons. The van der Waals surface area contributed by atoms with Crippen LogP contribution in [0.3, 0.4) is 0 Å². The van der Waals surface area contributed by atoms with Gasteiger partial charge in [-0.25, -0.2) is 8.42 Å². The van der Waals surface area contributed by atoms with Crippen LogP contribution in [0.15, 0.2) is 47.4 Å². The highest BCUT2D eigenvalue weighted by Crippen LogP contribution is 2.24. The van der Waals surface area contributed by atoms with Crippen LogP contribution in [-0.4, -0.2) is 44.3 Å². The van der Waals surface area contributed by atoms with E-state index in [1.54, 1.807) is 42.2 Å². The van der Waals surface area contributed by atoms with Gasteiger partial charge in [-0.05, 0) is 62.9 Å². The van der Waals surface area contributed by atoms with E-state index < -0.39 is 16.1 Å². The van der Waals surface area contributed by atoms with Crippen molar-refractivity contribution in [3.63, 3.8) is 0 Å². The van der Waals surface area contributed by atoms with Crippen molar-refractivity contribution in [1.29, 1.82) is 0 Å². The van der Waals surface area contributed by atoms with Crippen LogP contribution in [0.4, 0.5) is 5.69 Å². The summed E-state index contributed by atoms with van der Waals surface area (Å²) in [6.07, 6.45) is 3.27. The summed E-state index contributed by atoms with van der Waals surface area (Å²) in [6, 6.07) is 11.1. The number of carbonyl (C=O) groups excluding carboxylic acids is 2. The van der Waals surface area contributed by atoms with Gasteiger partial charge in [0, 0.05) is 24.3 Å². The fraction of sp³-hybridized carbons (Fsp3) is 0.417. The lowest BCUT2D eigenvalue weighted by Gasteiger charge is -2.24. The Morgan fingerprint density at radius 3 is 2.62 bits per heavy atom. The molecular formula is C24H31N3O4S. The molecule has 3 rings (SSSR count). The predicted octanol–water partition coefficient (Wildman–Crippen LogP) is 3.63. The molecule has 1 aliphatic heterocycles. The maximum absolute atomic E-state index is 13.1. The van der Waals surface area contributed by atoms with Crippen LogP contribution in [0, 0.1) is 13.8 Å². The van der Waals surface area contributed by atoms with Crippen LogP contribution in [0.2, 0.25) is 0 Å². The van der Waals surface area contributed by atoms with E-state index in [4.69, 9.17) is 0 Å². The van der Waals surface area contributed by atoms with Crippen molar-refractivity contribution in [2.45, 2.75) is 57.4 Å². The Kier molecular flexibility index (Phi) is 7.56. The van der Waals surface area contributed by atoms with Gasteiger partial charge in [0.05, 0.1) is 4.90 Å². The van der Waals surface area contributed by atoms with Gasteiger partial charge < -0.3 is 10.2 Å². The Hall–Kier alpha value is -2.87. The van der Waals surface area contributed by atoms with Crippen molar-refractivity contribution in [1.82, 2.24) is 10.2 Å². The van der Waals surface area contributed by atoms with Crippen LogP contribution in [0.25, 0.3) is 0 Å². The van der Waals surface area contributed by atoms with Crippen LogP contribution in [0.1, 0.15) is 54.1 Å². The highest BCUT2D eigenvalue weighted by Gasteiger charge is 2.34. The Labute approximate surface area is 190 Å². The van der Waals surface area contributed by atoms with Crippen molar-refractivity contribution in [2.24, 2.45) is 0 Å². The number of likely N-dealkylation sites (tertiary alicyclic amines) is 1. The van der Waals surface area contributed by atoms with E-state index in [2.05, 4.69) is 17.0 Å². The number of amides is 2. The van der Waals surface area contributed by atoms with Crippen LogP contribution < -0.4 is 10.0 Å². The minimum absolute atomic E-state index is 0.129. The van der Waals surface area contributed by atoms with Crippen molar-refractivity contribution < 1.29 is 18.0 Å². The molecular weight excluding hydrogens is 426 g/mol. The molecule has 2 aromatic carbocycles. The largest absolute Gasteiger partial charge is 0.354 e. The highest BCUT2D eigenvalue weighted by atomic mass is 32.2. The fourth-order valence-corrected chi connectivity index (χ4v) is 5.26. The summed E-state index contributed by atoms with van der Waals surface area (Å²) in [5, 5.41) is 2.91. The lowest BCUT2D eigenvalue weighted by atomic mass is 10.1. The SMILES string of the molecule is CCCCNC(=O)[C@H]1CCCN1C(=O)c1cccc(NS(=O)(=O)c2ccc(C)cc2C)c1. The van der Waals surface area contributed by atoms with E-state index in [1.165, 1.54) is 6.07 Å². The van der Waals surface area contributed by atoms with Gasteiger partial charge in [-0.15, -0.1) is 0 Å². The molecule has 2 aromatic rings. The molecule has 1 saturated heterocycles. The van der Waals surface area contributed by atoms with E-state index in [1.807, 2.05) is 13.0 Å². The molecule has 2 amide bonds. The van der Waals surface area contributed by atoms with E-state index >= 15 is 0 Å². The summed E-state index contributed by atoms with van der Waals surface area (Å²) >= 11 is 0. The number of nitrogens with one attached hydrogen (secondary N) is 2. The summed E-state index contributed by atoms with van der Waals surface area (Å²) < 4.78 is 28.3. The molecule has 2 N–H and O–H groups in total. The van der Waals surface area contributed by atoms with Gasteiger partial charge in [-0.3, -0.25) is 14.3 Å². The van der Waals surface area contributed by atoms with Gasteiger partial charge in [0.25, 0.3) is 15.9 Å². The number of anilines is 1. The number of rotatable bonds is 8.